The van der Waals surface area contributed by atoms with Gasteiger partial charge in [0.15, 0.2) is 0 Å². The van der Waals surface area contributed by atoms with Gasteiger partial charge in [0, 0.05) is 5.33 Å². The quantitative estimate of drug-likeness (QED) is 0.281. The van der Waals surface area contributed by atoms with Gasteiger partial charge in [0.1, 0.15) is 0 Å². The number of benzene rings is 3. The third kappa shape index (κ3) is 5.08. The van der Waals surface area contributed by atoms with Crippen molar-refractivity contribution in [2.75, 3.05) is 5.33 Å². The van der Waals surface area contributed by atoms with E-state index in [1.54, 1.807) is 0 Å². The second-order valence-electron chi connectivity index (χ2n) is 6.89. The van der Waals surface area contributed by atoms with Crippen molar-refractivity contribution < 1.29 is 0 Å². The lowest BCUT2D eigenvalue weighted by Crippen LogP contribution is -1.95. The number of hydrogen-bond acceptors (Lipinski definition) is 0. The van der Waals surface area contributed by atoms with Crippen molar-refractivity contribution >= 4 is 21.5 Å². The van der Waals surface area contributed by atoms with Crippen LogP contribution in [0.25, 0.3) is 27.8 Å². The predicted molar refractivity (Wildman–Crippen MR) is 123 cm³/mol. The van der Waals surface area contributed by atoms with Crippen LogP contribution in [0.3, 0.4) is 0 Å². The molecule has 0 saturated heterocycles. The van der Waals surface area contributed by atoms with Crippen molar-refractivity contribution in [3.8, 4) is 22.3 Å². The van der Waals surface area contributed by atoms with Crippen molar-refractivity contribution in [2.45, 2.75) is 13.8 Å². The molecule has 0 bridgehead atoms. The van der Waals surface area contributed by atoms with Crippen molar-refractivity contribution in [1.29, 1.82) is 0 Å². The first-order chi connectivity index (χ1) is 13.2. The minimum absolute atomic E-state index is 0.444. The zero-order valence-electron chi connectivity index (χ0n) is 15.9. The van der Waals surface area contributed by atoms with Gasteiger partial charge in [0.25, 0.3) is 0 Å². The summed E-state index contributed by atoms with van der Waals surface area (Å²) < 4.78 is 0. The molecule has 0 saturated carbocycles. The van der Waals surface area contributed by atoms with E-state index in [2.05, 4.69) is 127 Å². The molecule has 0 aliphatic carbocycles. The summed E-state index contributed by atoms with van der Waals surface area (Å²) in [5, 5.41) is 0.869. The Hall–Kier alpha value is -2.38. The van der Waals surface area contributed by atoms with Crippen LogP contribution in [0.1, 0.15) is 19.4 Å². The molecular weight excluding hydrogens is 392 g/mol. The van der Waals surface area contributed by atoms with Crippen LogP contribution < -0.4 is 0 Å². The van der Waals surface area contributed by atoms with Gasteiger partial charge >= 0.3 is 0 Å². The summed E-state index contributed by atoms with van der Waals surface area (Å²) in [5.41, 5.74) is 7.63. The molecule has 0 nitrogen and oxygen atoms in total. The molecule has 136 valence electrons. The van der Waals surface area contributed by atoms with E-state index in [1.807, 2.05) is 0 Å². The molecule has 1 heteroatoms. The lowest BCUT2D eigenvalue weighted by atomic mass is 9.89. The van der Waals surface area contributed by atoms with Gasteiger partial charge in [-0.3, -0.25) is 0 Å². The summed E-state index contributed by atoms with van der Waals surface area (Å²) in [4.78, 5) is 0. The number of alkyl halides is 1. The average molecular weight is 417 g/mol. The molecule has 0 heterocycles. The molecule has 3 aromatic rings. The molecule has 0 unspecified atom stereocenters. The van der Waals surface area contributed by atoms with Crippen molar-refractivity contribution in [2.24, 2.45) is 5.92 Å². The molecule has 0 atom stereocenters. The molecule has 0 amide bonds. The van der Waals surface area contributed by atoms with Crippen LogP contribution in [0, 0.1) is 5.92 Å². The molecule has 3 aromatic carbocycles. The third-order valence-electron chi connectivity index (χ3n) is 4.60. The van der Waals surface area contributed by atoms with Crippen LogP contribution in [0.2, 0.25) is 0 Å². The third-order valence-corrected chi connectivity index (χ3v) is 4.98. The standard InChI is InChI=1S/C26H25Br/c1-20(2)26(15-9-10-16-27)25-18-23(21-11-5-3-6-12-21)17-24(19-25)22-13-7-4-8-14-22/h3-15,17-20H,16H2,1-2H3. The Morgan fingerprint density at radius 2 is 1.30 bits per heavy atom. The Labute approximate surface area is 171 Å². The highest BCUT2D eigenvalue weighted by atomic mass is 79.9. The normalized spacial score (nSPS) is 12.1. The molecule has 0 radical (unpaired) electrons. The number of allylic oxidation sites excluding steroid dienone is 4. The molecule has 0 N–H and O–H groups in total. The highest BCUT2D eigenvalue weighted by Crippen LogP contribution is 2.33. The molecular formula is C26H25Br. The fourth-order valence-corrected chi connectivity index (χ4v) is 3.45. The largest absolute Gasteiger partial charge is 0.0883 e. The summed E-state index contributed by atoms with van der Waals surface area (Å²) in [6.07, 6.45) is 6.51. The first-order valence-electron chi connectivity index (χ1n) is 9.38. The van der Waals surface area contributed by atoms with Gasteiger partial charge in [-0.2, -0.15) is 0 Å². The van der Waals surface area contributed by atoms with Crippen LogP contribution in [0.15, 0.2) is 97.1 Å². The number of halogens is 1. The smallest absolute Gasteiger partial charge is 0.0215 e. The van der Waals surface area contributed by atoms with E-state index >= 15 is 0 Å². The molecule has 0 fully saturated rings. The zero-order valence-corrected chi connectivity index (χ0v) is 17.5. The Bertz CT molecular complexity index is 861. The summed E-state index contributed by atoms with van der Waals surface area (Å²) in [6, 6.07) is 28.2. The number of hydrogen-bond donors (Lipinski definition) is 0. The first-order valence-corrected chi connectivity index (χ1v) is 10.5. The monoisotopic (exact) mass is 416 g/mol. The van der Waals surface area contributed by atoms with Crippen LogP contribution in [0.4, 0.5) is 0 Å². The minimum Gasteiger partial charge on any atom is -0.0883 e. The SMILES string of the molecule is CC(C)C(=CC=CCBr)c1cc(-c2ccccc2)cc(-c2ccccc2)c1. The molecule has 0 aromatic heterocycles. The maximum absolute atomic E-state index is 3.46. The topological polar surface area (TPSA) is 0 Å². The van der Waals surface area contributed by atoms with Crippen LogP contribution >= 0.6 is 15.9 Å². The zero-order chi connectivity index (χ0) is 19.1. The Kier molecular flexibility index (Phi) is 6.84. The molecule has 0 aliphatic heterocycles. The van der Waals surface area contributed by atoms with Gasteiger partial charge in [0.05, 0.1) is 0 Å². The second-order valence-corrected chi connectivity index (χ2v) is 7.54. The Morgan fingerprint density at radius 1 is 0.778 bits per heavy atom. The minimum atomic E-state index is 0.444. The Balaban J connectivity index is 2.18. The van der Waals surface area contributed by atoms with E-state index in [0.717, 1.165) is 5.33 Å². The lowest BCUT2D eigenvalue weighted by molar-refractivity contribution is 0.855. The Morgan fingerprint density at radius 3 is 1.74 bits per heavy atom. The van der Waals surface area contributed by atoms with Gasteiger partial charge in [0.2, 0.25) is 0 Å². The summed E-state index contributed by atoms with van der Waals surface area (Å²) in [5.74, 6) is 0.444. The highest BCUT2D eigenvalue weighted by molar-refractivity contribution is 9.09. The summed E-state index contributed by atoms with van der Waals surface area (Å²) >= 11 is 3.46. The summed E-state index contributed by atoms with van der Waals surface area (Å²) in [6.45, 7) is 4.51. The van der Waals surface area contributed by atoms with E-state index in [9.17, 15) is 0 Å². The average Bonchev–Trinajstić information content (AvgIpc) is 2.72. The van der Waals surface area contributed by atoms with Gasteiger partial charge in [-0.25, -0.2) is 0 Å². The molecule has 0 aliphatic rings. The maximum atomic E-state index is 3.46. The maximum Gasteiger partial charge on any atom is 0.0215 e. The van der Waals surface area contributed by atoms with Crippen LogP contribution in [-0.2, 0) is 0 Å². The van der Waals surface area contributed by atoms with Gasteiger partial charge in [-0.1, -0.05) is 109 Å². The van der Waals surface area contributed by atoms with Crippen molar-refractivity contribution in [3.05, 3.63) is 103 Å². The van der Waals surface area contributed by atoms with E-state index in [0.29, 0.717) is 5.92 Å². The van der Waals surface area contributed by atoms with E-state index in [1.165, 1.54) is 33.4 Å². The predicted octanol–water partition coefficient (Wildman–Crippen LogP) is 8.01. The fourth-order valence-electron chi connectivity index (χ4n) is 3.23. The first kappa shape index (κ1) is 19.4. The van der Waals surface area contributed by atoms with Gasteiger partial charge in [-0.05, 0) is 57.5 Å². The molecule has 3 rings (SSSR count). The van der Waals surface area contributed by atoms with Crippen LogP contribution in [-0.4, -0.2) is 5.33 Å². The van der Waals surface area contributed by atoms with Crippen LogP contribution in [0.5, 0.6) is 0 Å². The summed E-state index contributed by atoms with van der Waals surface area (Å²) in [7, 11) is 0. The molecule has 0 spiro atoms. The molecule has 27 heavy (non-hydrogen) atoms. The van der Waals surface area contributed by atoms with Crippen molar-refractivity contribution in [3.63, 3.8) is 0 Å². The fraction of sp³-hybridized carbons (Fsp3) is 0.154. The van der Waals surface area contributed by atoms with Gasteiger partial charge in [-0.15, -0.1) is 0 Å². The lowest BCUT2D eigenvalue weighted by Gasteiger charge is -2.16. The van der Waals surface area contributed by atoms with E-state index in [-0.39, 0.29) is 0 Å². The van der Waals surface area contributed by atoms with E-state index < -0.39 is 0 Å². The van der Waals surface area contributed by atoms with Crippen molar-refractivity contribution in [1.82, 2.24) is 0 Å². The van der Waals surface area contributed by atoms with Gasteiger partial charge < -0.3 is 0 Å². The number of rotatable bonds is 6. The van der Waals surface area contributed by atoms with E-state index in [4.69, 9.17) is 0 Å². The highest BCUT2D eigenvalue weighted by Gasteiger charge is 2.11. The second kappa shape index (κ2) is 9.53.